The van der Waals surface area contributed by atoms with Gasteiger partial charge in [0, 0.05) is 29.8 Å². The van der Waals surface area contributed by atoms with Gasteiger partial charge in [-0.15, -0.1) is 0 Å². The Kier molecular flexibility index (Phi) is 6.27. The Labute approximate surface area is 136 Å². The van der Waals surface area contributed by atoms with E-state index in [0.29, 0.717) is 6.04 Å². The van der Waals surface area contributed by atoms with Gasteiger partial charge in [0.05, 0.1) is 0 Å². The molecule has 3 heteroatoms. The molecule has 0 saturated heterocycles. The molecule has 21 heavy (non-hydrogen) atoms. The maximum atomic E-state index is 3.59. The van der Waals surface area contributed by atoms with Gasteiger partial charge in [0.25, 0.3) is 0 Å². The Bertz CT molecular complexity index is 542. The van der Waals surface area contributed by atoms with E-state index < -0.39 is 0 Å². The van der Waals surface area contributed by atoms with Crippen LogP contribution >= 0.6 is 15.9 Å². The standard InChI is InChI=1S/C18H23BrN2/c1-3-20-18(15-8-7-9-16(19)14-15)12-13-21(2)17-10-5-4-6-11-17/h4-11,14,18,20H,3,12-13H2,1-2H3. The summed E-state index contributed by atoms with van der Waals surface area (Å²) in [5.74, 6) is 0. The summed E-state index contributed by atoms with van der Waals surface area (Å²) in [6, 6.07) is 19.5. The van der Waals surface area contributed by atoms with Crippen LogP contribution in [0.25, 0.3) is 0 Å². The molecule has 2 rings (SSSR count). The van der Waals surface area contributed by atoms with Crippen molar-refractivity contribution in [1.29, 1.82) is 0 Å². The monoisotopic (exact) mass is 346 g/mol. The van der Waals surface area contributed by atoms with Crippen LogP contribution in [0.4, 0.5) is 5.69 Å². The molecule has 1 unspecified atom stereocenters. The van der Waals surface area contributed by atoms with Gasteiger partial charge in [-0.1, -0.05) is 53.2 Å². The van der Waals surface area contributed by atoms with Crippen molar-refractivity contribution in [2.75, 3.05) is 25.0 Å². The minimum absolute atomic E-state index is 0.388. The van der Waals surface area contributed by atoms with E-state index in [9.17, 15) is 0 Å². The van der Waals surface area contributed by atoms with Crippen molar-refractivity contribution in [2.45, 2.75) is 19.4 Å². The number of hydrogen-bond acceptors (Lipinski definition) is 2. The zero-order valence-electron chi connectivity index (χ0n) is 12.7. The number of benzene rings is 2. The minimum atomic E-state index is 0.388. The molecule has 0 spiro atoms. The first-order valence-electron chi connectivity index (χ1n) is 7.45. The summed E-state index contributed by atoms with van der Waals surface area (Å²) in [6.07, 6.45) is 1.08. The van der Waals surface area contributed by atoms with Crippen LogP contribution in [0.5, 0.6) is 0 Å². The minimum Gasteiger partial charge on any atom is -0.375 e. The molecule has 0 aliphatic heterocycles. The average Bonchev–Trinajstić information content (AvgIpc) is 2.52. The summed E-state index contributed by atoms with van der Waals surface area (Å²) >= 11 is 3.56. The maximum absolute atomic E-state index is 3.59. The molecular weight excluding hydrogens is 324 g/mol. The van der Waals surface area contributed by atoms with Gasteiger partial charge in [0.1, 0.15) is 0 Å². The van der Waals surface area contributed by atoms with Crippen LogP contribution in [0.1, 0.15) is 24.9 Å². The van der Waals surface area contributed by atoms with E-state index in [1.807, 2.05) is 0 Å². The van der Waals surface area contributed by atoms with Crippen molar-refractivity contribution in [2.24, 2.45) is 0 Å². The molecule has 0 aliphatic carbocycles. The topological polar surface area (TPSA) is 15.3 Å². The molecule has 2 aromatic carbocycles. The molecule has 0 heterocycles. The quantitative estimate of drug-likeness (QED) is 0.786. The van der Waals surface area contributed by atoms with Gasteiger partial charge in [-0.05, 0) is 42.8 Å². The van der Waals surface area contributed by atoms with E-state index in [0.717, 1.165) is 24.0 Å². The summed E-state index contributed by atoms with van der Waals surface area (Å²) in [7, 11) is 2.15. The van der Waals surface area contributed by atoms with Gasteiger partial charge in [-0.3, -0.25) is 0 Å². The van der Waals surface area contributed by atoms with Gasteiger partial charge in [-0.2, -0.15) is 0 Å². The van der Waals surface area contributed by atoms with Gasteiger partial charge in [0.2, 0.25) is 0 Å². The number of halogens is 1. The maximum Gasteiger partial charge on any atom is 0.0363 e. The molecule has 0 radical (unpaired) electrons. The summed E-state index contributed by atoms with van der Waals surface area (Å²) < 4.78 is 1.14. The second-order valence-corrected chi connectivity index (χ2v) is 6.13. The fourth-order valence-electron chi connectivity index (χ4n) is 2.49. The van der Waals surface area contributed by atoms with Gasteiger partial charge < -0.3 is 10.2 Å². The number of hydrogen-bond donors (Lipinski definition) is 1. The average molecular weight is 347 g/mol. The first-order valence-corrected chi connectivity index (χ1v) is 8.25. The zero-order chi connectivity index (χ0) is 15.1. The van der Waals surface area contributed by atoms with Gasteiger partial charge >= 0.3 is 0 Å². The van der Waals surface area contributed by atoms with Crippen molar-refractivity contribution in [3.8, 4) is 0 Å². The van der Waals surface area contributed by atoms with E-state index in [1.54, 1.807) is 0 Å². The molecule has 0 bridgehead atoms. The molecule has 2 aromatic rings. The summed E-state index contributed by atoms with van der Waals surface area (Å²) in [5, 5.41) is 3.59. The van der Waals surface area contributed by atoms with Crippen molar-refractivity contribution in [1.82, 2.24) is 5.32 Å². The number of anilines is 1. The molecule has 1 N–H and O–H groups in total. The Morgan fingerprint density at radius 2 is 1.86 bits per heavy atom. The fourth-order valence-corrected chi connectivity index (χ4v) is 2.91. The predicted octanol–water partition coefficient (Wildman–Crippen LogP) is 4.63. The van der Waals surface area contributed by atoms with E-state index in [-0.39, 0.29) is 0 Å². The Hall–Kier alpha value is -1.32. The molecule has 2 nitrogen and oxygen atoms in total. The molecule has 0 fully saturated rings. The predicted molar refractivity (Wildman–Crippen MR) is 94.9 cm³/mol. The molecular formula is C18H23BrN2. The zero-order valence-corrected chi connectivity index (χ0v) is 14.3. The van der Waals surface area contributed by atoms with E-state index in [2.05, 4.69) is 94.7 Å². The lowest BCUT2D eigenvalue weighted by Gasteiger charge is -2.24. The van der Waals surface area contributed by atoms with Crippen LogP contribution in [-0.4, -0.2) is 20.1 Å². The van der Waals surface area contributed by atoms with Gasteiger partial charge in [0.15, 0.2) is 0 Å². The number of nitrogens with one attached hydrogen (secondary N) is 1. The number of nitrogens with zero attached hydrogens (tertiary/aromatic N) is 1. The highest BCUT2D eigenvalue weighted by molar-refractivity contribution is 9.10. The summed E-state index contributed by atoms with van der Waals surface area (Å²) in [5.41, 5.74) is 2.61. The van der Waals surface area contributed by atoms with Crippen LogP contribution in [0.3, 0.4) is 0 Å². The highest BCUT2D eigenvalue weighted by Gasteiger charge is 2.11. The van der Waals surface area contributed by atoms with Crippen LogP contribution in [0, 0.1) is 0 Å². The lowest BCUT2D eigenvalue weighted by atomic mass is 10.0. The van der Waals surface area contributed by atoms with Crippen molar-refractivity contribution in [3.05, 3.63) is 64.6 Å². The molecule has 0 amide bonds. The van der Waals surface area contributed by atoms with Crippen LogP contribution in [0.15, 0.2) is 59.1 Å². The summed E-state index contributed by atoms with van der Waals surface area (Å²) in [4.78, 5) is 2.31. The smallest absolute Gasteiger partial charge is 0.0363 e. The summed E-state index contributed by atoms with van der Waals surface area (Å²) in [6.45, 7) is 4.16. The Morgan fingerprint density at radius 1 is 1.10 bits per heavy atom. The molecule has 0 aliphatic rings. The normalized spacial score (nSPS) is 12.1. The lowest BCUT2D eigenvalue weighted by Crippen LogP contribution is -2.27. The second-order valence-electron chi connectivity index (χ2n) is 5.21. The SMILES string of the molecule is CCNC(CCN(C)c1ccccc1)c1cccc(Br)c1. The second kappa shape index (κ2) is 8.20. The highest BCUT2D eigenvalue weighted by Crippen LogP contribution is 2.22. The Balaban J connectivity index is 2.00. The molecule has 112 valence electrons. The molecule has 0 aromatic heterocycles. The largest absolute Gasteiger partial charge is 0.375 e. The van der Waals surface area contributed by atoms with E-state index >= 15 is 0 Å². The van der Waals surface area contributed by atoms with Crippen LogP contribution < -0.4 is 10.2 Å². The molecule has 1 atom stereocenters. The highest BCUT2D eigenvalue weighted by atomic mass is 79.9. The van der Waals surface area contributed by atoms with Crippen molar-refractivity contribution in [3.63, 3.8) is 0 Å². The fraction of sp³-hybridized carbons (Fsp3) is 0.333. The van der Waals surface area contributed by atoms with E-state index in [4.69, 9.17) is 0 Å². The third kappa shape index (κ3) is 4.87. The van der Waals surface area contributed by atoms with Crippen LogP contribution in [-0.2, 0) is 0 Å². The third-order valence-electron chi connectivity index (χ3n) is 3.65. The first-order chi connectivity index (χ1) is 10.2. The number of rotatable bonds is 7. The Morgan fingerprint density at radius 3 is 2.52 bits per heavy atom. The third-order valence-corrected chi connectivity index (χ3v) is 4.14. The van der Waals surface area contributed by atoms with Crippen LogP contribution in [0.2, 0.25) is 0 Å². The molecule has 0 saturated carbocycles. The van der Waals surface area contributed by atoms with Crippen molar-refractivity contribution >= 4 is 21.6 Å². The lowest BCUT2D eigenvalue weighted by molar-refractivity contribution is 0.516. The first kappa shape index (κ1) is 16.1. The van der Waals surface area contributed by atoms with E-state index in [1.165, 1.54) is 11.3 Å². The van der Waals surface area contributed by atoms with Crippen molar-refractivity contribution < 1.29 is 0 Å². The number of para-hydroxylation sites is 1. The van der Waals surface area contributed by atoms with Gasteiger partial charge in [-0.25, -0.2) is 0 Å².